The number of carbonyl (C=O) groups excluding carboxylic acids is 2. The second-order valence-electron chi connectivity index (χ2n) is 6.27. The predicted octanol–water partition coefficient (Wildman–Crippen LogP) is 3.36. The minimum Gasteiger partial charge on any atom is -0.344 e. The average Bonchev–Trinajstić information content (AvgIpc) is 3.22. The van der Waals surface area contributed by atoms with Gasteiger partial charge in [-0.15, -0.1) is 0 Å². The summed E-state index contributed by atoms with van der Waals surface area (Å²) in [5, 5.41) is 9.70. The summed E-state index contributed by atoms with van der Waals surface area (Å²) in [7, 11) is 1.64. The first-order valence-electron chi connectivity index (χ1n) is 8.94. The number of halogens is 1. The number of para-hydroxylation sites is 1. The molecule has 0 spiro atoms. The molecule has 3 amide bonds. The van der Waals surface area contributed by atoms with Crippen molar-refractivity contribution in [1.29, 1.82) is 0 Å². The summed E-state index contributed by atoms with van der Waals surface area (Å²) in [5.41, 5.74) is 1.50. The highest BCUT2D eigenvalue weighted by Crippen LogP contribution is 2.20. The van der Waals surface area contributed by atoms with E-state index in [9.17, 15) is 9.59 Å². The standard InChI is InChI=1S/C20H20ClN5O3/c1-26(20(28)23-16-10-6-5-9-15(16)21)12-11-17-24-19(29-25-17)18(27)22-13-14-7-3-2-4-8-14/h2-10H,11-13H2,1H3,(H,22,27)(H,23,28). The van der Waals surface area contributed by atoms with E-state index in [4.69, 9.17) is 16.1 Å². The van der Waals surface area contributed by atoms with Gasteiger partial charge >= 0.3 is 17.8 Å². The summed E-state index contributed by atoms with van der Waals surface area (Å²) < 4.78 is 5.01. The molecule has 9 heteroatoms. The lowest BCUT2D eigenvalue weighted by Crippen LogP contribution is -2.33. The third kappa shape index (κ3) is 5.79. The Morgan fingerprint density at radius 3 is 2.59 bits per heavy atom. The van der Waals surface area contributed by atoms with Crippen molar-refractivity contribution in [1.82, 2.24) is 20.4 Å². The van der Waals surface area contributed by atoms with Crippen molar-refractivity contribution in [2.45, 2.75) is 13.0 Å². The van der Waals surface area contributed by atoms with E-state index in [0.717, 1.165) is 5.56 Å². The van der Waals surface area contributed by atoms with Crippen LogP contribution in [0.2, 0.25) is 5.02 Å². The summed E-state index contributed by atoms with van der Waals surface area (Å²) in [4.78, 5) is 29.9. The van der Waals surface area contributed by atoms with Gasteiger partial charge in [0.15, 0.2) is 5.82 Å². The fraction of sp³-hybridized carbons (Fsp3) is 0.200. The van der Waals surface area contributed by atoms with Crippen LogP contribution >= 0.6 is 11.6 Å². The van der Waals surface area contributed by atoms with Crippen molar-refractivity contribution < 1.29 is 14.1 Å². The van der Waals surface area contributed by atoms with Crippen LogP contribution in [0.3, 0.4) is 0 Å². The molecule has 0 radical (unpaired) electrons. The van der Waals surface area contributed by atoms with E-state index in [1.54, 1.807) is 31.3 Å². The number of likely N-dealkylation sites (N-methyl/N-ethyl adjacent to an activating group) is 1. The number of aromatic nitrogens is 2. The zero-order valence-corrected chi connectivity index (χ0v) is 16.5. The van der Waals surface area contributed by atoms with Crippen LogP contribution in [0.1, 0.15) is 22.1 Å². The number of benzene rings is 2. The van der Waals surface area contributed by atoms with Gasteiger partial charge in [-0.3, -0.25) is 4.79 Å². The van der Waals surface area contributed by atoms with Crippen LogP contribution in [0.25, 0.3) is 0 Å². The number of anilines is 1. The van der Waals surface area contributed by atoms with Crippen molar-refractivity contribution >= 4 is 29.2 Å². The van der Waals surface area contributed by atoms with Gasteiger partial charge in [0.05, 0.1) is 10.7 Å². The molecular weight excluding hydrogens is 394 g/mol. The van der Waals surface area contributed by atoms with Gasteiger partial charge in [-0.05, 0) is 17.7 Å². The SMILES string of the molecule is CN(CCc1noc(C(=O)NCc2ccccc2)n1)C(=O)Nc1ccccc1Cl. The van der Waals surface area contributed by atoms with Gasteiger partial charge in [0.1, 0.15) is 0 Å². The molecule has 1 heterocycles. The smallest absolute Gasteiger partial charge is 0.321 e. The minimum absolute atomic E-state index is 0.112. The van der Waals surface area contributed by atoms with E-state index in [1.165, 1.54) is 4.90 Å². The zero-order valence-electron chi connectivity index (χ0n) is 15.8. The summed E-state index contributed by atoms with van der Waals surface area (Å²) >= 11 is 6.04. The van der Waals surface area contributed by atoms with E-state index in [2.05, 4.69) is 20.8 Å². The van der Waals surface area contributed by atoms with Gasteiger partial charge in [-0.1, -0.05) is 59.2 Å². The number of hydrogen-bond donors (Lipinski definition) is 2. The summed E-state index contributed by atoms with van der Waals surface area (Å²) in [6, 6.07) is 16.2. The number of carbonyl (C=O) groups is 2. The van der Waals surface area contributed by atoms with Crippen LogP contribution in [0.15, 0.2) is 59.1 Å². The normalized spacial score (nSPS) is 10.4. The molecule has 0 saturated heterocycles. The Morgan fingerprint density at radius 1 is 1.10 bits per heavy atom. The van der Waals surface area contributed by atoms with E-state index >= 15 is 0 Å². The molecule has 3 rings (SSSR count). The highest BCUT2D eigenvalue weighted by molar-refractivity contribution is 6.33. The molecule has 0 atom stereocenters. The first kappa shape index (κ1) is 20.3. The monoisotopic (exact) mass is 413 g/mol. The fourth-order valence-corrected chi connectivity index (χ4v) is 2.63. The molecule has 0 aliphatic carbocycles. The van der Waals surface area contributed by atoms with Gasteiger partial charge in [-0.25, -0.2) is 4.79 Å². The fourth-order valence-electron chi connectivity index (χ4n) is 2.44. The van der Waals surface area contributed by atoms with Gasteiger partial charge in [0.25, 0.3) is 0 Å². The molecule has 0 unspecified atom stereocenters. The predicted molar refractivity (Wildman–Crippen MR) is 109 cm³/mol. The number of nitrogens with zero attached hydrogens (tertiary/aromatic N) is 3. The van der Waals surface area contributed by atoms with E-state index in [1.807, 2.05) is 30.3 Å². The summed E-state index contributed by atoms with van der Waals surface area (Å²) in [6.07, 6.45) is 0.335. The Morgan fingerprint density at radius 2 is 1.83 bits per heavy atom. The molecule has 150 valence electrons. The van der Waals surface area contributed by atoms with Crippen molar-refractivity contribution in [2.75, 3.05) is 18.9 Å². The molecule has 2 aromatic carbocycles. The number of urea groups is 1. The first-order valence-corrected chi connectivity index (χ1v) is 9.32. The molecule has 3 aromatic rings. The van der Waals surface area contributed by atoms with Gasteiger partial charge in [-0.2, -0.15) is 4.98 Å². The Balaban J connectivity index is 1.47. The van der Waals surface area contributed by atoms with E-state index < -0.39 is 5.91 Å². The maximum absolute atomic E-state index is 12.2. The Kier molecular flexibility index (Phi) is 6.80. The van der Waals surface area contributed by atoms with Crippen LogP contribution in [0.5, 0.6) is 0 Å². The molecule has 0 saturated carbocycles. The molecular formula is C20H20ClN5O3. The van der Waals surface area contributed by atoms with Crippen LogP contribution in [0.4, 0.5) is 10.5 Å². The number of amides is 3. The molecule has 2 N–H and O–H groups in total. The Bertz CT molecular complexity index is 977. The van der Waals surface area contributed by atoms with Crippen molar-refractivity contribution in [3.63, 3.8) is 0 Å². The zero-order chi connectivity index (χ0) is 20.6. The molecule has 29 heavy (non-hydrogen) atoms. The number of hydrogen-bond acceptors (Lipinski definition) is 5. The molecule has 1 aromatic heterocycles. The summed E-state index contributed by atoms with van der Waals surface area (Å²) in [5.74, 6) is -0.219. The first-order chi connectivity index (χ1) is 14.0. The molecule has 0 aliphatic rings. The molecule has 0 bridgehead atoms. The van der Waals surface area contributed by atoms with Gasteiger partial charge < -0.3 is 20.1 Å². The van der Waals surface area contributed by atoms with Crippen molar-refractivity contribution in [2.24, 2.45) is 0 Å². The van der Waals surface area contributed by atoms with Crippen molar-refractivity contribution in [3.05, 3.63) is 76.9 Å². The van der Waals surface area contributed by atoms with Crippen LogP contribution in [-0.2, 0) is 13.0 Å². The van der Waals surface area contributed by atoms with Crippen LogP contribution in [0, 0.1) is 0 Å². The van der Waals surface area contributed by atoms with E-state index in [-0.39, 0.29) is 11.9 Å². The van der Waals surface area contributed by atoms with Crippen LogP contribution < -0.4 is 10.6 Å². The Hall–Kier alpha value is -3.39. The van der Waals surface area contributed by atoms with Gasteiger partial charge in [0, 0.05) is 26.6 Å². The second kappa shape index (κ2) is 9.70. The molecule has 0 fully saturated rings. The third-order valence-corrected chi connectivity index (χ3v) is 4.42. The highest BCUT2D eigenvalue weighted by atomic mass is 35.5. The topological polar surface area (TPSA) is 100 Å². The van der Waals surface area contributed by atoms with Gasteiger partial charge in [0.2, 0.25) is 0 Å². The second-order valence-corrected chi connectivity index (χ2v) is 6.67. The minimum atomic E-state index is -0.447. The number of rotatable bonds is 7. The lowest BCUT2D eigenvalue weighted by atomic mass is 10.2. The van der Waals surface area contributed by atoms with E-state index in [0.29, 0.717) is 36.0 Å². The molecule has 8 nitrogen and oxygen atoms in total. The Labute approximate surface area is 172 Å². The van der Waals surface area contributed by atoms with Crippen LogP contribution in [-0.4, -0.2) is 40.6 Å². The lowest BCUT2D eigenvalue weighted by Gasteiger charge is -2.17. The number of nitrogens with one attached hydrogen (secondary N) is 2. The largest absolute Gasteiger partial charge is 0.344 e. The average molecular weight is 414 g/mol. The van der Waals surface area contributed by atoms with Crippen molar-refractivity contribution in [3.8, 4) is 0 Å². The lowest BCUT2D eigenvalue weighted by molar-refractivity contribution is 0.0907. The third-order valence-electron chi connectivity index (χ3n) is 4.09. The summed E-state index contributed by atoms with van der Waals surface area (Å²) in [6.45, 7) is 0.698. The highest BCUT2D eigenvalue weighted by Gasteiger charge is 2.16. The maximum Gasteiger partial charge on any atom is 0.321 e. The maximum atomic E-state index is 12.2. The molecule has 0 aliphatic heterocycles. The quantitative estimate of drug-likeness (QED) is 0.618.